The average molecular weight is 318 g/mol. The summed E-state index contributed by atoms with van der Waals surface area (Å²) >= 11 is 6.12. The van der Waals surface area contributed by atoms with E-state index in [1.165, 1.54) is 0 Å². The number of aliphatic imine (C=N–C) groups is 1. The Bertz CT molecular complexity index is 643. The first-order valence-corrected chi connectivity index (χ1v) is 7.45. The topological polar surface area (TPSA) is 59.6 Å². The predicted octanol–water partition coefficient (Wildman–Crippen LogP) is 3.46. The van der Waals surface area contributed by atoms with Crippen LogP contribution >= 0.6 is 11.6 Å². The maximum absolute atomic E-state index is 6.12. The second kappa shape index (κ2) is 8.41. The van der Waals surface area contributed by atoms with Crippen molar-refractivity contribution in [2.45, 2.75) is 13.0 Å². The summed E-state index contributed by atoms with van der Waals surface area (Å²) in [6.45, 7) is 1.10. The number of nitrogens with zero attached hydrogens (tertiary/aromatic N) is 1. The Morgan fingerprint density at radius 2 is 1.82 bits per heavy atom. The number of ether oxygens (including phenoxy) is 1. The molecule has 0 aromatic heterocycles. The Hall–Kier alpha value is -2.04. The van der Waals surface area contributed by atoms with E-state index < -0.39 is 0 Å². The number of halogens is 1. The molecule has 0 radical (unpaired) electrons. The average Bonchev–Trinajstić information content (AvgIpc) is 2.51. The fourth-order valence-electron chi connectivity index (χ4n) is 2.10. The van der Waals surface area contributed by atoms with Gasteiger partial charge in [-0.1, -0.05) is 48.0 Å². The lowest BCUT2D eigenvalue weighted by atomic mass is 10.1. The third kappa shape index (κ3) is 4.76. The molecule has 3 N–H and O–H groups in total. The highest BCUT2D eigenvalue weighted by molar-refractivity contribution is 6.31. The van der Waals surface area contributed by atoms with Crippen molar-refractivity contribution in [2.24, 2.45) is 10.7 Å². The van der Waals surface area contributed by atoms with E-state index in [2.05, 4.69) is 10.3 Å². The van der Waals surface area contributed by atoms with Crippen molar-refractivity contribution in [3.05, 3.63) is 64.7 Å². The highest BCUT2D eigenvalue weighted by Crippen LogP contribution is 2.16. The number of rotatable bonds is 6. The second-order valence-electron chi connectivity index (χ2n) is 4.82. The van der Waals surface area contributed by atoms with Gasteiger partial charge in [-0.05, 0) is 24.1 Å². The number of benzene rings is 2. The van der Waals surface area contributed by atoms with Crippen LogP contribution in [0, 0.1) is 0 Å². The maximum atomic E-state index is 6.12. The molecular weight excluding hydrogens is 298 g/mol. The van der Waals surface area contributed by atoms with Crippen LogP contribution in [0.4, 0.5) is 5.69 Å². The van der Waals surface area contributed by atoms with Crippen molar-refractivity contribution in [3.8, 4) is 0 Å². The fraction of sp³-hybridized carbons (Fsp3) is 0.235. The lowest BCUT2D eigenvalue weighted by molar-refractivity contribution is 0.185. The Kier molecular flexibility index (Phi) is 6.25. The summed E-state index contributed by atoms with van der Waals surface area (Å²) in [5, 5.41) is 3.87. The molecule has 0 bridgehead atoms. The van der Waals surface area contributed by atoms with Crippen LogP contribution in [0.15, 0.2) is 53.5 Å². The van der Waals surface area contributed by atoms with Crippen molar-refractivity contribution < 1.29 is 4.74 Å². The summed E-state index contributed by atoms with van der Waals surface area (Å²) in [6.07, 6.45) is 0.752. The van der Waals surface area contributed by atoms with Crippen molar-refractivity contribution in [2.75, 3.05) is 19.0 Å². The van der Waals surface area contributed by atoms with Gasteiger partial charge in [-0.25, -0.2) is 0 Å². The summed E-state index contributed by atoms with van der Waals surface area (Å²) in [5.41, 5.74) is 8.95. The largest absolute Gasteiger partial charge is 0.380 e. The van der Waals surface area contributed by atoms with Gasteiger partial charge >= 0.3 is 0 Å². The molecule has 2 rings (SSSR count). The summed E-state index contributed by atoms with van der Waals surface area (Å²) in [5.74, 6) is 0.385. The normalized spacial score (nSPS) is 11.5. The quantitative estimate of drug-likeness (QED) is 0.633. The van der Waals surface area contributed by atoms with Gasteiger partial charge in [-0.2, -0.15) is 0 Å². The first-order chi connectivity index (χ1) is 10.7. The Balaban J connectivity index is 1.94. The van der Waals surface area contributed by atoms with Gasteiger partial charge in [0.2, 0.25) is 0 Å². The smallest absolute Gasteiger partial charge is 0.193 e. The second-order valence-corrected chi connectivity index (χ2v) is 5.23. The highest BCUT2D eigenvalue weighted by Gasteiger charge is 2.03. The third-order valence-corrected chi connectivity index (χ3v) is 3.57. The lowest BCUT2D eigenvalue weighted by Crippen LogP contribution is -2.23. The van der Waals surface area contributed by atoms with E-state index in [-0.39, 0.29) is 0 Å². The highest BCUT2D eigenvalue weighted by atomic mass is 35.5. The standard InChI is InChI=1S/C17H20ClN3O/c1-22-12-14-7-3-5-9-16(14)21-17(19)20-11-10-13-6-2-4-8-15(13)18/h2-9H,10-12H2,1H3,(H3,19,20,21). The molecule has 116 valence electrons. The molecule has 0 spiro atoms. The van der Waals surface area contributed by atoms with Gasteiger partial charge in [-0.15, -0.1) is 0 Å². The number of nitrogens with two attached hydrogens (primary N) is 1. The van der Waals surface area contributed by atoms with Gasteiger partial charge in [0.05, 0.1) is 6.61 Å². The van der Waals surface area contributed by atoms with Crippen LogP contribution in [0.1, 0.15) is 11.1 Å². The minimum atomic E-state index is 0.385. The third-order valence-electron chi connectivity index (χ3n) is 3.20. The molecule has 0 atom stereocenters. The van der Waals surface area contributed by atoms with Crippen LogP contribution in [-0.2, 0) is 17.8 Å². The van der Waals surface area contributed by atoms with Crippen molar-refractivity contribution in [1.82, 2.24) is 0 Å². The number of anilines is 1. The van der Waals surface area contributed by atoms with Crippen LogP contribution in [0.25, 0.3) is 0 Å². The minimum absolute atomic E-state index is 0.385. The number of nitrogens with one attached hydrogen (secondary N) is 1. The molecule has 5 heteroatoms. The van der Waals surface area contributed by atoms with Gasteiger partial charge in [0, 0.05) is 29.9 Å². The zero-order valence-corrected chi connectivity index (χ0v) is 13.3. The monoisotopic (exact) mass is 317 g/mol. The summed E-state index contributed by atoms with van der Waals surface area (Å²) in [6, 6.07) is 15.6. The molecule has 0 unspecified atom stereocenters. The minimum Gasteiger partial charge on any atom is -0.380 e. The number of hydrogen-bond donors (Lipinski definition) is 2. The number of methoxy groups -OCH3 is 1. The van der Waals surface area contributed by atoms with E-state index in [0.717, 1.165) is 28.3 Å². The molecule has 0 saturated carbocycles. The van der Waals surface area contributed by atoms with Gasteiger partial charge in [0.15, 0.2) is 5.96 Å². The van der Waals surface area contributed by atoms with E-state index in [4.69, 9.17) is 22.1 Å². The van der Waals surface area contributed by atoms with E-state index in [9.17, 15) is 0 Å². The predicted molar refractivity (Wildman–Crippen MR) is 92.4 cm³/mol. The number of hydrogen-bond acceptors (Lipinski definition) is 2. The van der Waals surface area contributed by atoms with Crippen LogP contribution < -0.4 is 11.1 Å². The Morgan fingerprint density at radius 1 is 1.14 bits per heavy atom. The first-order valence-electron chi connectivity index (χ1n) is 7.08. The van der Waals surface area contributed by atoms with Crippen LogP contribution in [-0.4, -0.2) is 19.6 Å². The molecule has 0 aliphatic carbocycles. The molecule has 0 aliphatic heterocycles. The zero-order valence-electron chi connectivity index (χ0n) is 12.6. The van der Waals surface area contributed by atoms with Gasteiger partial charge in [0.1, 0.15) is 0 Å². The lowest BCUT2D eigenvalue weighted by Gasteiger charge is -2.11. The molecular formula is C17H20ClN3O. The SMILES string of the molecule is COCc1ccccc1NC(N)=NCCc1ccccc1Cl. The van der Waals surface area contributed by atoms with Crippen LogP contribution in [0.3, 0.4) is 0 Å². The molecule has 0 aliphatic rings. The molecule has 0 amide bonds. The van der Waals surface area contributed by atoms with E-state index in [1.54, 1.807) is 7.11 Å². The molecule has 0 fully saturated rings. The van der Waals surface area contributed by atoms with Gasteiger partial charge in [-0.3, -0.25) is 4.99 Å². The fourth-order valence-corrected chi connectivity index (χ4v) is 2.33. The Morgan fingerprint density at radius 3 is 2.55 bits per heavy atom. The molecule has 0 saturated heterocycles. The number of guanidine groups is 1. The summed E-state index contributed by atoms with van der Waals surface area (Å²) < 4.78 is 5.17. The van der Waals surface area contributed by atoms with Gasteiger partial charge in [0.25, 0.3) is 0 Å². The van der Waals surface area contributed by atoms with Crippen molar-refractivity contribution in [1.29, 1.82) is 0 Å². The summed E-state index contributed by atoms with van der Waals surface area (Å²) in [7, 11) is 1.66. The van der Waals surface area contributed by atoms with E-state index in [0.29, 0.717) is 19.1 Å². The summed E-state index contributed by atoms with van der Waals surface area (Å²) in [4.78, 5) is 4.34. The van der Waals surface area contributed by atoms with E-state index >= 15 is 0 Å². The molecule has 4 nitrogen and oxygen atoms in total. The zero-order chi connectivity index (χ0) is 15.8. The molecule has 22 heavy (non-hydrogen) atoms. The maximum Gasteiger partial charge on any atom is 0.193 e. The van der Waals surface area contributed by atoms with Crippen LogP contribution in [0.2, 0.25) is 5.02 Å². The van der Waals surface area contributed by atoms with Crippen molar-refractivity contribution >= 4 is 23.2 Å². The molecule has 2 aromatic carbocycles. The van der Waals surface area contributed by atoms with Crippen molar-refractivity contribution in [3.63, 3.8) is 0 Å². The van der Waals surface area contributed by atoms with Crippen LogP contribution in [0.5, 0.6) is 0 Å². The molecule has 0 heterocycles. The van der Waals surface area contributed by atoms with E-state index in [1.807, 2.05) is 48.5 Å². The first kappa shape index (κ1) is 16.3. The Labute approximate surface area is 136 Å². The van der Waals surface area contributed by atoms with Gasteiger partial charge < -0.3 is 15.8 Å². The number of para-hydroxylation sites is 1. The molecule has 2 aromatic rings.